The predicted molar refractivity (Wildman–Crippen MR) is 63.4 cm³/mol. The number of aliphatic carboxylic acids is 1. The number of carboxylic acids is 1. The molecule has 6 heteroatoms. The average molecular weight is 246 g/mol. The summed E-state index contributed by atoms with van der Waals surface area (Å²) in [5.74, 6) is -0.268. The molecule has 84 valence electrons. The molecular formula is C9H14N2O2S2. The van der Waals surface area contributed by atoms with Crippen LogP contribution in [0.2, 0.25) is 0 Å². The molecule has 0 aliphatic carbocycles. The smallest absolute Gasteiger partial charge is 0.309 e. The summed E-state index contributed by atoms with van der Waals surface area (Å²) in [6, 6.07) is 0. The highest BCUT2D eigenvalue weighted by atomic mass is 32.2. The SMILES string of the molecule is Cc1nc(N)sc1SCC(C)(C)C(=O)O. The van der Waals surface area contributed by atoms with E-state index in [4.69, 9.17) is 10.8 Å². The van der Waals surface area contributed by atoms with Crippen LogP contribution in [0.15, 0.2) is 4.21 Å². The van der Waals surface area contributed by atoms with Gasteiger partial charge in [0.15, 0.2) is 5.13 Å². The molecule has 1 rings (SSSR count). The second-order valence-corrected chi connectivity index (χ2v) is 6.18. The fourth-order valence-electron chi connectivity index (χ4n) is 0.844. The Morgan fingerprint density at radius 2 is 2.27 bits per heavy atom. The van der Waals surface area contributed by atoms with Gasteiger partial charge < -0.3 is 10.8 Å². The molecule has 0 fully saturated rings. The average Bonchev–Trinajstić information content (AvgIpc) is 2.41. The molecule has 0 atom stereocenters. The zero-order valence-corrected chi connectivity index (χ0v) is 10.5. The number of carbonyl (C=O) groups is 1. The van der Waals surface area contributed by atoms with Gasteiger partial charge in [-0.25, -0.2) is 4.98 Å². The van der Waals surface area contributed by atoms with Gasteiger partial charge in [0.25, 0.3) is 0 Å². The van der Waals surface area contributed by atoms with Crippen molar-refractivity contribution in [2.75, 3.05) is 11.5 Å². The minimum atomic E-state index is -0.787. The second-order valence-electron chi connectivity index (χ2n) is 3.90. The van der Waals surface area contributed by atoms with Crippen molar-refractivity contribution in [2.24, 2.45) is 5.41 Å². The van der Waals surface area contributed by atoms with Crippen molar-refractivity contribution < 1.29 is 9.90 Å². The van der Waals surface area contributed by atoms with E-state index in [-0.39, 0.29) is 0 Å². The number of aromatic nitrogens is 1. The van der Waals surface area contributed by atoms with Crippen molar-refractivity contribution in [3.8, 4) is 0 Å². The molecule has 3 N–H and O–H groups in total. The van der Waals surface area contributed by atoms with Crippen molar-refractivity contribution in [1.29, 1.82) is 0 Å². The molecule has 1 aromatic heterocycles. The number of thioether (sulfide) groups is 1. The van der Waals surface area contributed by atoms with E-state index >= 15 is 0 Å². The van der Waals surface area contributed by atoms with E-state index in [2.05, 4.69) is 4.98 Å². The number of thiazole rings is 1. The highest BCUT2D eigenvalue weighted by molar-refractivity contribution is 8.01. The van der Waals surface area contributed by atoms with Crippen molar-refractivity contribution >= 4 is 34.2 Å². The van der Waals surface area contributed by atoms with Crippen LogP contribution in [0.25, 0.3) is 0 Å². The molecule has 0 aromatic carbocycles. The lowest BCUT2D eigenvalue weighted by molar-refractivity contribution is -0.145. The molecule has 0 saturated heterocycles. The third-order valence-corrected chi connectivity index (χ3v) is 4.72. The number of rotatable bonds is 4. The summed E-state index contributed by atoms with van der Waals surface area (Å²) in [5, 5.41) is 9.47. The van der Waals surface area contributed by atoms with Crippen molar-refractivity contribution in [3.63, 3.8) is 0 Å². The fraction of sp³-hybridized carbons (Fsp3) is 0.556. The zero-order valence-electron chi connectivity index (χ0n) is 8.90. The Labute approximate surface area is 96.9 Å². The van der Waals surface area contributed by atoms with Gasteiger partial charge in [0.05, 0.1) is 15.3 Å². The van der Waals surface area contributed by atoms with Crippen LogP contribution < -0.4 is 5.73 Å². The minimum absolute atomic E-state index is 0.519. The van der Waals surface area contributed by atoms with Crippen LogP contribution in [0.3, 0.4) is 0 Å². The summed E-state index contributed by atoms with van der Waals surface area (Å²) in [4.78, 5) is 15.0. The van der Waals surface area contributed by atoms with Gasteiger partial charge in [-0.05, 0) is 20.8 Å². The van der Waals surface area contributed by atoms with E-state index in [9.17, 15) is 4.79 Å². The van der Waals surface area contributed by atoms with Crippen LogP contribution in [0.4, 0.5) is 5.13 Å². The molecule has 0 unspecified atom stereocenters. The summed E-state index contributed by atoms with van der Waals surface area (Å²) in [5.41, 5.74) is 5.71. The number of nitrogens with zero attached hydrogens (tertiary/aromatic N) is 1. The van der Waals surface area contributed by atoms with Crippen molar-refractivity contribution in [2.45, 2.75) is 25.0 Å². The maximum Gasteiger partial charge on any atom is 0.309 e. The topological polar surface area (TPSA) is 76.2 Å². The number of nitrogens with two attached hydrogens (primary N) is 1. The molecule has 0 spiro atoms. The highest BCUT2D eigenvalue weighted by Gasteiger charge is 2.27. The number of hydrogen-bond donors (Lipinski definition) is 2. The summed E-state index contributed by atoms with van der Waals surface area (Å²) in [7, 11) is 0. The van der Waals surface area contributed by atoms with Gasteiger partial charge in [0, 0.05) is 5.75 Å². The van der Waals surface area contributed by atoms with Crippen LogP contribution in [0.5, 0.6) is 0 Å². The summed E-state index contributed by atoms with van der Waals surface area (Å²) < 4.78 is 1.00. The Morgan fingerprint density at radius 3 is 2.67 bits per heavy atom. The summed E-state index contributed by atoms with van der Waals surface area (Å²) in [6.07, 6.45) is 0. The van der Waals surface area contributed by atoms with Crippen molar-refractivity contribution in [1.82, 2.24) is 4.98 Å². The Morgan fingerprint density at radius 1 is 1.67 bits per heavy atom. The van der Waals surface area contributed by atoms with E-state index in [1.54, 1.807) is 13.8 Å². The first-order valence-electron chi connectivity index (χ1n) is 4.42. The monoisotopic (exact) mass is 246 g/mol. The lowest BCUT2D eigenvalue weighted by atomic mass is 9.97. The Balaban J connectivity index is 2.65. The van der Waals surface area contributed by atoms with Gasteiger partial charge in [-0.15, -0.1) is 11.8 Å². The van der Waals surface area contributed by atoms with Gasteiger partial charge in [-0.3, -0.25) is 4.79 Å². The number of aryl methyl sites for hydroxylation is 1. The molecule has 0 aliphatic heterocycles. The Bertz CT molecular complexity index is 374. The Hall–Kier alpha value is -0.750. The third kappa shape index (κ3) is 3.10. The van der Waals surface area contributed by atoms with Crippen LogP contribution in [0, 0.1) is 12.3 Å². The van der Waals surface area contributed by atoms with E-state index in [1.807, 2.05) is 6.92 Å². The first kappa shape index (κ1) is 12.3. The summed E-state index contributed by atoms with van der Waals surface area (Å²) in [6.45, 7) is 5.30. The molecule has 0 aliphatic rings. The van der Waals surface area contributed by atoms with Crippen LogP contribution in [-0.2, 0) is 4.79 Å². The molecule has 0 bridgehead atoms. The second kappa shape index (κ2) is 4.40. The number of hydrogen-bond acceptors (Lipinski definition) is 5. The third-order valence-electron chi connectivity index (χ3n) is 1.91. The first-order chi connectivity index (χ1) is 6.83. The molecule has 0 saturated carbocycles. The van der Waals surface area contributed by atoms with E-state index < -0.39 is 11.4 Å². The van der Waals surface area contributed by atoms with Gasteiger partial charge in [0.1, 0.15) is 0 Å². The molecule has 15 heavy (non-hydrogen) atoms. The largest absolute Gasteiger partial charge is 0.481 e. The van der Waals surface area contributed by atoms with Crippen LogP contribution in [-0.4, -0.2) is 21.8 Å². The van der Waals surface area contributed by atoms with Gasteiger partial charge in [-0.2, -0.15) is 0 Å². The first-order valence-corrected chi connectivity index (χ1v) is 6.22. The zero-order chi connectivity index (χ0) is 11.6. The number of nitrogen functional groups attached to an aromatic ring is 1. The standard InChI is InChI=1S/C9H14N2O2S2/c1-5-6(15-8(10)11-5)14-4-9(2,3)7(12)13/h4H2,1-3H3,(H2,10,11)(H,12,13). The van der Waals surface area contributed by atoms with E-state index in [0.29, 0.717) is 10.9 Å². The van der Waals surface area contributed by atoms with Crippen molar-refractivity contribution in [3.05, 3.63) is 5.69 Å². The quantitative estimate of drug-likeness (QED) is 0.797. The number of carboxylic acid groups (broad SMARTS) is 1. The highest BCUT2D eigenvalue weighted by Crippen LogP contribution is 2.34. The van der Waals surface area contributed by atoms with Crippen LogP contribution in [0.1, 0.15) is 19.5 Å². The predicted octanol–water partition coefficient (Wildman–Crippen LogP) is 2.24. The normalized spacial score (nSPS) is 11.7. The minimum Gasteiger partial charge on any atom is -0.481 e. The summed E-state index contributed by atoms with van der Waals surface area (Å²) >= 11 is 2.90. The van der Waals surface area contributed by atoms with E-state index in [1.165, 1.54) is 23.1 Å². The Kier molecular flexibility index (Phi) is 3.62. The lowest BCUT2D eigenvalue weighted by Crippen LogP contribution is -2.26. The molecule has 1 heterocycles. The van der Waals surface area contributed by atoms with E-state index in [0.717, 1.165) is 9.90 Å². The van der Waals surface area contributed by atoms with Crippen LogP contribution >= 0.6 is 23.1 Å². The molecule has 4 nitrogen and oxygen atoms in total. The molecule has 0 amide bonds. The van der Waals surface area contributed by atoms with Gasteiger partial charge in [0.2, 0.25) is 0 Å². The van der Waals surface area contributed by atoms with Gasteiger partial charge >= 0.3 is 5.97 Å². The maximum absolute atomic E-state index is 10.9. The molecular weight excluding hydrogens is 232 g/mol. The molecule has 0 radical (unpaired) electrons. The lowest BCUT2D eigenvalue weighted by Gasteiger charge is -2.17. The maximum atomic E-state index is 10.9. The number of anilines is 1. The fourth-order valence-corrected chi connectivity index (χ4v) is 2.95. The van der Waals surface area contributed by atoms with Gasteiger partial charge in [-0.1, -0.05) is 11.3 Å². The molecule has 1 aromatic rings.